The van der Waals surface area contributed by atoms with E-state index in [1.807, 2.05) is 31.2 Å². The fraction of sp³-hybridized carbons (Fsp3) is 0.231. The molecule has 1 aromatic heterocycles. The van der Waals surface area contributed by atoms with Gasteiger partial charge >= 0.3 is 0 Å². The summed E-state index contributed by atoms with van der Waals surface area (Å²) in [6, 6.07) is 8.81. The second kappa shape index (κ2) is 6.89. The molecule has 0 radical (unpaired) electrons. The van der Waals surface area contributed by atoms with Crippen LogP contribution < -0.4 is 10.5 Å². The van der Waals surface area contributed by atoms with Crippen LogP contribution in [-0.4, -0.2) is 8.42 Å². The van der Waals surface area contributed by atoms with Gasteiger partial charge in [-0.1, -0.05) is 28.1 Å². The van der Waals surface area contributed by atoms with Crippen molar-refractivity contribution in [3.8, 4) is 0 Å². The SMILES string of the molecule is CC(NS(=O)(=O)c1cc(CN)sc1Br)c1cccc(Br)c1. The summed E-state index contributed by atoms with van der Waals surface area (Å²) in [5.41, 5.74) is 6.44. The van der Waals surface area contributed by atoms with Gasteiger partial charge in [-0.3, -0.25) is 0 Å². The van der Waals surface area contributed by atoms with E-state index in [-0.39, 0.29) is 10.9 Å². The van der Waals surface area contributed by atoms with E-state index in [2.05, 4.69) is 36.6 Å². The van der Waals surface area contributed by atoms with Crippen LogP contribution in [0.4, 0.5) is 0 Å². The first kappa shape index (κ1) is 17.1. The van der Waals surface area contributed by atoms with Crippen molar-refractivity contribution >= 4 is 53.2 Å². The molecule has 2 rings (SSSR count). The zero-order valence-electron chi connectivity index (χ0n) is 11.1. The highest BCUT2D eigenvalue weighted by molar-refractivity contribution is 9.11. The number of nitrogens with one attached hydrogen (secondary N) is 1. The number of nitrogens with two attached hydrogens (primary N) is 1. The molecular formula is C13H14Br2N2O2S2. The van der Waals surface area contributed by atoms with Gasteiger partial charge in [-0.2, -0.15) is 0 Å². The average Bonchev–Trinajstić information content (AvgIpc) is 2.80. The highest BCUT2D eigenvalue weighted by Crippen LogP contribution is 2.32. The monoisotopic (exact) mass is 452 g/mol. The lowest BCUT2D eigenvalue weighted by Gasteiger charge is -2.14. The Labute approximate surface area is 145 Å². The van der Waals surface area contributed by atoms with Crippen molar-refractivity contribution in [1.82, 2.24) is 4.72 Å². The van der Waals surface area contributed by atoms with Crippen LogP contribution in [0.1, 0.15) is 23.4 Å². The molecule has 1 unspecified atom stereocenters. The quantitative estimate of drug-likeness (QED) is 0.723. The summed E-state index contributed by atoms with van der Waals surface area (Å²) in [7, 11) is -3.60. The predicted octanol–water partition coefficient (Wildman–Crippen LogP) is 3.77. The molecule has 0 bridgehead atoms. The molecule has 1 heterocycles. The summed E-state index contributed by atoms with van der Waals surface area (Å²) in [6.07, 6.45) is 0. The second-order valence-electron chi connectivity index (χ2n) is 4.45. The van der Waals surface area contributed by atoms with Crippen LogP contribution in [0.15, 0.2) is 43.5 Å². The van der Waals surface area contributed by atoms with Gasteiger partial charge in [0, 0.05) is 21.9 Å². The summed E-state index contributed by atoms with van der Waals surface area (Å²) >= 11 is 8.00. The smallest absolute Gasteiger partial charge is 0.243 e. The minimum Gasteiger partial charge on any atom is -0.326 e. The molecule has 0 spiro atoms. The van der Waals surface area contributed by atoms with Crippen molar-refractivity contribution in [3.63, 3.8) is 0 Å². The fourth-order valence-electron chi connectivity index (χ4n) is 1.82. The maximum atomic E-state index is 12.5. The highest BCUT2D eigenvalue weighted by Gasteiger charge is 2.23. The molecule has 0 amide bonds. The zero-order chi connectivity index (χ0) is 15.6. The number of rotatable bonds is 5. The number of thiophene rings is 1. The van der Waals surface area contributed by atoms with Crippen LogP contribution in [0.3, 0.4) is 0 Å². The van der Waals surface area contributed by atoms with Crippen LogP contribution in [0, 0.1) is 0 Å². The molecule has 21 heavy (non-hydrogen) atoms. The summed E-state index contributed by atoms with van der Waals surface area (Å²) in [5.74, 6) is 0. The van der Waals surface area contributed by atoms with E-state index in [1.165, 1.54) is 11.3 Å². The molecule has 3 N–H and O–H groups in total. The largest absolute Gasteiger partial charge is 0.326 e. The van der Waals surface area contributed by atoms with Crippen LogP contribution >= 0.6 is 43.2 Å². The topological polar surface area (TPSA) is 72.2 Å². The maximum absolute atomic E-state index is 12.5. The molecule has 1 atom stereocenters. The van der Waals surface area contributed by atoms with E-state index < -0.39 is 10.0 Å². The van der Waals surface area contributed by atoms with Gasteiger partial charge in [-0.15, -0.1) is 11.3 Å². The van der Waals surface area contributed by atoms with Crippen molar-refractivity contribution in [1.29, 1.82) is 0 Å². The molecule has 114 valence electrons. The lowest BCUT2D eigenvalue weighted by atomic mass is 10.1. The highest BCUT2D eigenvalue weighted by atomic mass is 79.9. The van der Waals surface area contributed by atoms with Crippen LogP contribution in [0.5, 0.6) is 0 Å². The van der Waals surface area contributed by atoms with Crippen molar-refractivity contribution in [2.24, 2.45) is 5.73 Å². The van der Waals surface area contributed by atoms with E-state index in [0.29, 0.717) is 10.3 Å². The molecule has 0 aliphatic rings. The standard InChI is InChI=1S/C13H14Br2N2O2S2/c1-8(9-3-2-4-10(14)5-9)17-21(18,19)12-6-11(7-16)20-13(12)15/h2-6,8,17H,7,16H2,1H3. The third-order valence-electron chi connectivity index (χ3n) is 2.88. The van der Waals surface area contributed by atoms with Gasteiger partial charge in [0.1, 0.15) is 4.90 Å². The minimum absolute atomic E-state index is 0.231. The molecule has 4 nitrogen and oxygen atoms in total. The van der Waals surface area contributed by atoms with E-state index in [9.17, 15) is 8.42 Å². The number of halogens is 2. The lowest BCUT2D eigenvalue weighted by molar-refractivity contribution is 0.567. The number of benzene rings is 1. The maximum Gasteiger partial charge on any atom is 0.243 e. The van der Waals surface area contributed by atoms with Gasteiger partial charge in [-0.25, -0.2) is 13.1 Å². The first-order chi connectivity index (χ1) is 9.83. The molecule has 0 saturated heterocycles. The molecular weight excluding hydrogens is 440 g/mol. The Morgan fingerprint density at radius 1 is 1.33 bits per heavy atom. The summed E-state index contributed by atoms with van der Waals surface area (Å²) in [5, 5.41) is 0. The average molecular weight is 454 g/mol. The molecule has 8 heteroatoms. The number of sulfonamides is 1. The van der Waals surface area contributed by atoms with Gasteiger partial charge in [0.25, 0.3) is 0 Å². The first-order valence-corrected chi connectivity index (χ1v) is 9.98. The lowest BCUT2D eigenvalue weighted by Crippen LogP contribution is -2.26. The van der Waals surface area contributed by atoms with Crippen LogP contribution in [0.2, 0.25) is 0 Å². The molecule has 0 saturated carbocycles. The Bertz CT molecular complexity index is 744. The van der Waals surface area contributed by atoms with Crippen molar-refractivity contribution < 1.29 is 8.42 Å². The number of hydrogen-bond donors (Lipinski definition) is 2. The van der Waals surface area contributed by atoms with Crippen LogP contribution in [-0.2, 0) is 16.6 Å². The van der Waals surface area contributed by atoms with Crippen molar-refractivity contribution in [3.05, 3.63) is 49.0 Å². The van der Waals surface area contributed by atoms with Crippen molar-refractivity contribution in [2.75, 3.05) is 0 Å². The third-order valence-corrected chi connectivity index (χ3v) is 7.19. The molecule has 1 aromatic carbocycles. The van der Waals surface area contributed by atoms with Crippen LogP contribution in [0.25, 0.3) is 0 Å². The third kappa shape index (κ3) is 4.14. The predicted molar refractivity (Wildman–Crippen MR) is 92.8 cm³/mol. The fourth-order valence-corrected chi connectivity index (χ4v) is 6.03. The molecule has 0 fully saturated rings. The van der Waals surface area contributed by atoms with E-state index >= 15 is 0 Å². The molecule has 0 aliphatic carbocycles. The van der Waals surface area contributed by atoms with E-state index in [4.69, 9.17) is 5.73 Å². The second-order valence-corrected chi connectivity index (χ2v) is 9.51. The van der Waals surface area contributed by atoms with Gasteiger partial charge in [-0.05, 0) is 46.6 Å². The van der Waals surface area contributed by atoms with Crippen molar-refractivity contribution in [2.45, 2.75) is 24.4 Å². The van der Waals surface area contributed by atoms with E-state index in [0.717, 1.165) is 14.9 Å². The van der Waals surface area contributed by atoms with E-state index in [1.54, 1.807) is 6.07 Å². The zero-order valence-corrected chi connectivity index (χ0v) is 15.9. The summed E-state index contributed by atoms with van der Waals surface area (Å²) in [6.45, 7) is 2.13. The Morgan fingerprint density at radius 3 is 2.62 bits per heavy atom. The van der Waals surface area contributed by atoms with Gasteiger partial charge in [0.2, 0.25) is 10.0 Å². The Kier molecular flexibility index (Phi) is 5.61. The number of hydrogen-bond acceptors (Lipinski definition) is 4. The van der Waals surface area contributed by atoms with Gasteiger partial charge in [0.05, 0.1) is 3.79 Å². The normalized spacial score (nSPS) is 13.3. The molecule has 2 aromatic rings. The Hall–Kier alpha value is -0.250. The summed E-state index contributed by atoms with van der Waals surface area (Å²) < 4.78 is 29.1. The minimum atomic E-state index is -3.60. The Morgan fingerprint density at radius 2 is 2.05 bits per heavy atom. The van der Waals surface area contributed by atoms with Gasteiger partial charge < -0.3 is 5.73 Å². The first-order valence-electron chi connectivity index (χ1n) is 6.09. The van der Waals surface area contributed by atoms with Gasteiger partial charge in [0.15, 0.2) is 0 Å². The Balaban J connectivity index is 2.26. The molecule has 0 aliphatic heterocycles. The summed E-state index contributed by atoms with van der Waals surface area (Å²) in [4.78, 5) is 1.05.